The first kappa shape index (κ1) is 24.9. The second kappa shape index (κ2) is 9.28. The molecule has 0 amide bonds. The minimum absolute atomic E-state index is 0.00133. The lowest BCUT2D eigenvalue weighted by Gasteiger charge is -2.45. The van der Waals surface area contributed by atoms with Crippen molar-refractivity contribution >= 4 is 20.1 Å². The number of nitriles is 1. The van der Waals surface area contributed by atoms with Crippen molar-refractivity contribution in [2.75, 3.05) is 0 Å². The molecular weight excluding hydrogens is 498 g/mol. The summed E-state index contributed by atoms with van der Waals surface area (Å²) in [5, 5.41) is 13.3. The van der Waals surface area contributed by atoms with E-state index in [9.17, 15) is 27.2 Å². The van der Waals surface area contributed by atoms with Gasteiger partial charge in [0.25, 0.3) is 0 Å². The van der Waals surface area contributed by atoms with Crippen LogP contribution in [0.2, 0.25) is 0 Å². The number of hydrogen-bond acceptors (Lipinski definition) is 4. The standard InChI is InChI=1S/C25H24F5N4OP/c26-23(27)35-16-6-7-17-18(12-31)21(34(20(17)11-16)15-3-1-4-15)19-8-5-14(13-32-19)22(36)33-24(9-2-10-24)25(28,29)30/h5-8,11,13,15,22-23,33H,1-4,9-10,36H2. The number of rotatable bonds is 7. The Morgan fingerprint density at radius 1 is 1.17 bits per heavy atom. The van der Waals surface area contributed by atoms with Crippen molar-refractivity contribution in [3.8, 4) is 23.2 Å². The average Bonchev–Trinajstić information content (AvgIpc) is 3.07. The lowest BCUT2D eigenvalue weighted by Crippen LogP contribution is -2.61. The van der Waals surface area contributed by atoms with Crippen LogP contribution >= 0.6 is 9.24 Å². The fourth-order valence-electron chi connectivity index (χ4n) is 5.01. The van der Waals surface area contributed by atoms with Gasteiger partial charge in [0.15, 0.2) is 0 Å². The fourth-order valence-corrected chi connectivity index (χ4v) is 5.52. The van der Waals surface area contributed by atoms with E-state index in [-0.39, 0.29) is 24.6 Å². The van der Waals surface area contributed by atoms with Crippen molar-refractivity contribution in [2.24, 2.45) is 0 Å². The van der Waals surface area contributed by atoms with Gasteiger partial charge in [-0.25, -0.2) is 0 Å². The van der Waals surface area contributed by atoms with Gasteiger partial charge in [-0.2, -0.15) is 27.2 Å². The number of fused-ring (bicyclic) bond motifs is 1. The predicted octanol–water partition coefficient (Wildman–Crippen LogP) is 6.85. The zero-order valence-corrected chi connectivity index (χ0v) is 20.3. The number of alkyl halides is 5. The molecule has 2 heterocycles. The smallest absolute Gasteiger partial charge is 0.406 e. The van der Waals surface area contributed by atoms with Gasteiger partial charge >= 0.3 is 12.8 Å². The maximum atomic E-state index is 13.6. The summed E-state index contributed by atoms with van der Waals surface area (Å²) in [4.78, 5) is 4.52. The van der Waals surface area contributed by atoms with Crippen LogP contribution in [0.25, 0.3) is 22.3 Å². The number of halogens is 5. The van der Waals surface area contributed by atoms with Crippen molar-refractivity contribution in [3.63, 3.8) is 0 Å². The summed E-state index contributed by atoms with van der Waals surface area (Å²) < 4.78 is 72.9. The molecule has 2 aliphatic carbocycles. The third-order valence-corrected chi connectivity index (χ3v) is 7.87. The van der Waals surface area contributed by atoms with Crippen LogP contribution in [0.15, 0.2) is 36.5 Å². The molecule has 11 heteroatoms. The average molecular weight is 522 g/mol. The molecule has 2 aromatic heterocycles. The second-order valence-corrected chi connectivity index (χ2v) is 10.0. The molecule has 36 heavy (non-hydrogen) atoms. The van der Waals surface area contributed by atoms with E-state index < -0.39 is 24.1 Å². The highest BCUT2D eigenvalue weighted by Crippen LogP contribution is 2.47. The molecule has 5 rings (SSSR count). The highest BCUT2D eigenvalue weighted by Gasteiger charge is 2.58. The maximum Gasteiger partial charge on any atom is 0.406 e. The van der Waals surface area contributed by atoms with Crippen LogP contribution in [0.4, 0.5) is 22.0 Å². The molecule has 0 radical (unpaired) electrons. The maximum absolute atomic E-state index is 13.6. The Bertz CT molecular complexity index is 1310. The molecule has 0 spiro atoms. The second-order valence-electron chi connectivity index (χ2n) is 9.38. The molecule has 2 unspecified atom stereocenters. The first-order valence-corrected chi connectivity index (χ1v) is 12.4. The van der Waals surface area contributed by atoms with E-state index in [1.165, 1.54) is 18.3 Å². The lowest BCUT2D eigenvalue weighted by molar-refractivity contribution is -0.219. The first-order chi connectivity index (χ1) is 17.1. The molecule has 0 bridgehead atoms. The molecule has 2 saturated carbocycles. The summed E-state index contributed by atoms with van der Waals surface area (Å²) in [6, 6.07) is 10.2. The Morgan fingerprint density at radius 3 is 2.42 bits per heavy atom. The number of pyridine rings is 1. The molecule has 2 atom stereocenters. The Morgan fingerprint density at radius 2 is 1.92 bits per heavy atom. The van der Waals surface area contributed by atoms with Crippen molar-refractivity contribution < 1.29 is 26.7 Å². The van der Waals surface area contributed by atoms with Crippen molar-refractivity contribution in [1.82, 2.24) is 14.9 Å². The number of nitrogens with zero attached hydrogens (tertiary/aromatic N) is 3. The third kappa shape index (κ3) is 4.22. The zero-order chi connectivity index (χ0) is 25.7. The SMILES string of the molecule is N#Cc1c(-c2ccc(C(P)NC3(C(F)(F)F)CCC3)cn2)n(C2CCC2)c2cc(OC(F)F)ccc12. The summed E-state index contributed by atoms with van der Waals surface area (Å²) in [7, 11) is 2.41. The van der Waals surface area contributed by atoms with Crippen LogP contribution in [0.5, 0.6) is 5.75 Å². The van der Waals surface area contributed by atoms with Crippen molar-refractivity contribution in [2.45, 2.75) is 68.7 Å². The van der Waals surface area contributed by atoms with Crippen molar-refractivity contribution in [1.29, 1.82) is 5.26 Å². The van der Waals surface area contributed by atoms with E-state index in [2.05, 4.69) is 30.3 Å². The van der Waals surface area contributed by atoms with Crippen LogP contribution in [-0.4, -0.2) is 27.9 Å². The molecule has 0 saturated heterocycles. The topological polar surface area (TPSA) is 62.9 Å². The summed E-state index contributed by atoms with van der Waals surface area (Å²) in [5.41, 5.74) is 0.709. The van der Waals surface area contributed by atoms with E-state index >= 15 is 0 Å². The molecular formula is C25H24F5N4OP. The van der Waals surface area contributed by atoms with Crippen LogP contribution < -0.4 is 10.1 Å². The molecule has 1 N–H and O–H groups in total. The first-order valence-electron chi connectivity index (χ1n) is 11.7. The van der Waals surface area contributed by atoms with Gasteiger partial charge < -0.3 is 9.30 Å². The Labute approximate surface area is 206 Å². The Hall–Kier alpha value is -2.76. The molecule has 5 nitrogen and oxygen atoms in total. The predicted molar refractivity (Wildman–Crippen MR) is 128 cm³/mol. The molecule has 3 aromatic rings. The molecule has 0 aliphatic heterocycles. The zero-order valence-electron chi connectivity index (χ0n) is 19.2. The number of hydrogen-bond donors (Lipinski definition) is 1. The van der Waals surface area contributed by atoms with Crippen LogP contribution in [0.3, 0.4) is 0 Å². The van der Waals surface area contributed by atoms with E-state index in [1.54, 1.807) is 18.2 Å². The molecule has 1 aromatic carbocycles. The van der Waals surface area contributed by atoms with Gasteiger partial charge in [-0.15, -0.1) is 9.24 Å². The Kier molecular flexibility index (Phi) is 6.42. The van der Waals surface area contributed by atoms with Gasteiger partial charge in [0, 0.05) is 29.5 Å². The molecule has 2 fully saturated rings. The number of aromatic nitrogens is 2. The summed E-state index contributed by atoms with van der Waals surface area (Å²) in [6.45, 7) is -2.97. The highest BCUT2D eigenvalue weighted by atomic mass is 31.0. The summed E-state index contributed by atoms with van der Waals surface area (Å²) in [5.74, 6) is -0.656. The fraction of sp³-hybridized carbons (Fsp3) is 0.440. The monoisotopic (exact) mass is 522 g/mol. The van der Waals surface area contributed by atoms with Gasteiger partial charge in [0.2, 0.25) is 0 Å². The largest absolute Gasteiger partial charge is 0.435 e. The van der Waals surface area contributed by atoms with E-state index in [4.69, 9.17) is 0 Å². The third-order valence-electron chi connectivity index (χ3n) is 7.32. The minimum atomic E-state index is -4.34. The van der Waals surface area contributed by atoms with Gasteiger partial charge in [-0.05, 0) is 62.3 Å². The normalized spacial score (nSPS) is 18.5. The van der Waals surface area contributed by atoms with Crippen LogP contribution in [0.1, 0.15) is 61.5 Å². The van der Waals surface area contributed by atoms with Crippen LogP contribution in [0, 0.1) is 11.3 Å². The van der Waals surface area contributed by atoms with E-state index in [0.717, 1.165) is 19.3 Å². The van der Waals surface area contributed by atoms with E-state index in [0.29, 0.717) is 39.8 Å². The van der Waals surface area contributed by atoms with Gasteiger partial charge in [0.05, 0.1) is 22.5 Å². The number of nitrogens with one attached hydrogen (secondary N) is 1. The Balaban J connectivity index is 1.52. The summed E-state index contributed by atoms with van der Waals surface area (Å²) >= 11 is 0. The van der Waals surface area contributed by atoms with Gasteiger partial charge in [0.1, 0.15) is 17.4 Å². The van der Waals surface area contributed by atoms with E-state index in [1.807, 2.05) is 4.57 Å². The van der Waals surface area contributed by atoms with Gasteiger partial charge in [-0.3, -0.25) is 10.3 Å². The van der Waals surface area contributed by atoms with Crippen LogP contribution in [-0.2, 0) is 0 Å². The number of benzene rings is 1. The highest BCUT2D eigenvalue weighted by molar-refractivity contribution is 7.17. The summed E-state index contributed by atoms with van der Waals surface area (Å²) in [6.07, 6.45) is 0.520. The van der Waals surface area contributed by atoms with Crippen molar-refractivity contribution in [3.05, 3.63) is 47.7 Å². The van der Waals surface area contributed by atoms with Gasteiger partial charge in [-0.1, -0.05) is 6.07 Å². The molecule has 2 aliphatic rings. The lowest BCUT2D eigenvalue weighted by atomic mass is 9.76. The quantitative estimate of drug-likeness (QED) is 0.272. The molecule has 190 valence electrons. The minimum Gasteiger partial charge on any atom is -0.435 e. The number of ether oxygens (including phenoxy) is 1.